The van der Waals surface area contributed by atoms with Crippen LogP contribution < -0.4 is 0 Å². The van der Waals surface area contributed by atoms with Crippen LogP contribution in [-0.4, -0.2) is 23.4 Å². The third-order valence-corrected chi connectivity index (χ3v) is 5.36. The number of amides is 1. The highest BCUT2D eigenvalue weighted by Crippen LogP contribution is 2.29. The Bertz CT molecular complexity index is 648. The topological polar surface area (TPSA) is 20.3 Å². The van der Waals surface area contributed by atoms with Crippen LogP contribution in [0.1, 0.15) is 54.4 Å². The monoisotopic (exact) mass is 327 g/mol. The second-order valence-corrected chi connectivity index (χ2v) is 8.42. The molecule has 2 nitrogen and oxygen atoms in total. The van der Waals surface area contributed by atoms with Crippen LogP contribution in [0.4, 0.5) is 0 Å². The Balaban J connectivity index is 1.70. The maximum absolute atomic E-state index is 12.9. The number of benzene rings is 1. The van der Waals surface area contributed by atoms with Crippen molar-refractivity contribution in [3.63, 3.8) is 0 Å². The first-order valence-electron chi connectivity index (χ1n) is 8.39. The summed E-state index contributed by atoms with van der Waals surface area (Å²) >= 11 is 1.77. The van der Waals surface area contributed by atoms with E-state index in [0.717, 1.165) is 31.4 Å². The van der Waals surface area contributed by atoms with E-state index < -0.39 is 0 Å². The van der Waals surface area contributed by atoms with Crippen molar-refractivity contribution in [3.05, 3.63) is 57.8 Å². The van der Waals surface area contributed by atoms with Gasteiger partial charge in [0.2, 0.25) is 0 Å². The largest absolute Gasteiger partial charge is 0.335 e. The number of carbonyl (C=O) groups excluding carboxylic acids is 1. The Hall–Kier alpha value is -1.61. The zero-order valence-electron chi connectivity index (χ0n) is 14.2. The van der Waals surface area contributed by atoms with Gasteiger partial charge < -0.3 is 4.90 Å². The molecule has 0 aliphatic heterocycles. The van der Waals surface area contributed by atoms with Gasteiger partial charge in [-0.05, 0) is 53.8 Å². The Morgan fingerprint density at radius 3 is 2.39 bits per heavy atom. The van der Waals surface area contributed by atoms with Crippen molar-refractivity contribution in [3.8, 4) is 0 Å². The van der Waals surface area contributed by atoms with Gasteiger partial charge in [-0.15, -0.1) is 11.3 Å². The Labute approximate surface area is 143 Å². The fourth-order valence-electron chi connectivity index (χ4n) is 2.80. The quantitative estimate of drug-likeness (QED) is 0.765. The molecule has 1 aliphatic carbocycles. The zero-order chi connectivity index (χ0) is 16.4. The SMILES string of the molecule is CC(C)(C)c1ccc(C(=O)N(CCc2cccs2)C2CC2)cc1. The van der Waals surface area contributed by atoms with E-state index in [4.69, 9.17) is 0 Å². The van der Waals surface area contributed by atoms with Crippen molar-refractivity contribution in [2.75, 3.05) is 6.54 Å². The summed E-state index contributed by atoms with van der Waals surface area (Å²) in [5.41, 5.74) is 2.21. The summed E-state index contributed by atoms with van der Waals surface area (Å²) in [6, 6.07) is 12.8. The molecule has 1 aromatic carbocycles. The standard InChI is InChI=1S/C20H25NOS/c1-20(2,3)16-8-6-15(7-9-16)19(22)21(17-10-11-17)13-12-18-5-4-14-23-18/h4-9,14,17H,10-13H2,1-3H3. The third kappa shape index (κ3) is 4.03. The number of hydrogen-bond acceptors (Lipinski definition) is 2. The molecule has 3 heteroatoms. The molecule has 0 N–H and O–H groups in total. The van der Waals surface area contributed by atoms with Crippen molar-refractivity contribution < 1.29 is 4.79 Å². The molecule has 0 spiro atoms. The average Bonchev–Trinajstić information content (AvgIpc) is 3.22. The van der Waals surface area contributed by atoms with Gasteiger partial charge in [-0.2, -0.15) is 0 Å². The van der Waals surface area contributed by atoms with Crippen molar-refractivity contribution in [2.45, 2.75) is 51.5 Å². The molecule has 1 amide bonds. The molecule has 0 bridgehead atoms. The fraction of sp³-hybridized carbons (Fsp3) is 0.450. The first kappa shape index (κ1) is 16.3. The van der Waals surface area contributed by atoms with E-state index in [1.54, 1.807) is 11.3 Å². The summed E-state index contributed by atoms with van der Waals surface area (Å²) in [4.78, 5) is 16.3. The lowest BCUT2D eigenvalue weighted by Gasteiger charge is -2.23. The predicted molar refractivity (Wildman–Crippen MR) is 97.2 cm³/mol. The van der Waals surface area contributed by atoms with Crippen molar-refractivity contribution in [1.29, 1.82) is 0 Å². The molecular formula is C20H25NOS. The van der Waals surface area contributed by atoms with Gasteiger partial charge in [-0.3, -0.25) is 4.79 Å². The molecule has 0 saturated heterocycles. The van der Waals surface area contributed by atoms with Crippen molar-refractivity contribution in [1.82, 2.24) is 4.90 Å². The van der Waals surface area contributed by atoms with E-state index in [0.29, 0.717) is 6.04 Å². The maximum Gasteiger partial charge on any atom is 0.254 e. The normalized spacial score (nSPS) is 14.7. The molecule has 1 heterocycles. The van der Waals surface area contributed by atoms with E-state index in [1.165, 1.54) is 10.4 Å². The molecule has 1 aromatic heterocycles. The molecule has 23 heavy (non-hydrogen) atoms. The van der Waals surface area contributed by atoms with Crippen molar-refractivity contribution in [2.24, 2.45) is 0 Å². The van der Waals surface area contributed by atoms with Gasteiger partial charge in [0.25, 0.3) is 5.91 Å². The summed E-state index contributed by atoms with van der Waals surface area (Å²) in [5.74, 6) is 0.185. The Morgan fingerprint density at radius 1 is 1.17 bits per heavy atom. The smallest absolute Gasteiger partial charge is 0.254 e. The predicted octanol–water partition coefficient (Wildman–Crippen LogP) is 4.89. The first-order valence-corrected chi connectivity index (χ1v) is 9.27. The minimum atomic E-state index is 0.122. The number of thiophene rings is 1. The second kappa shape index (κ2) is 6.48. The number of carbonyl (C=O) groups is 1. The lowest BCUT2D eigenvalue weighted by molar-refractivity contribution is 0.0745. The van der Waals surface area contributed by atoms with E-state index in [1.807, 2.05) is 12.1 Å². The lowest BCUT2D eigenvalue weighted by atomic mass is 9.86. The molecule has 122 valence electrons. The molecule has 2 aromatic rings. The molecule has 0 radical (unpaired) electrons. The van der Waals surface area contributed by atoms with E-state index >= 15 is 0 Å². The van der Waals surface area contributed by atoms with E-state index in [9.17, 15) is 4.79 Å². The van der Waals surface area contributed by atoms with Crippen LogP contribution in [-0.2, 0) is 11.8 Å². The number of nitrogens with zero attached hydrogens (tertiary/aromatic N) is 1. The minimum Gasteiger partial charge on any atom is -0.335 e. The second-order valence-electron chi connectivity index (χ2n) is 7.39. The molecule has 1 aliphatic rings. The fourth-order valence-corrected chi connectivity index (χ4v) is 3.50. The van der Waals surface area contributed by atoms with Gasteiger partial charge in [0, 0.05) is 23.0 Å². The minimum absolute atomic E-state index is 0.122. The van der Waals surface area contributed by atoms with E-state index in [-0.39, 0.29) is 11.3 Å². The van der Waals surface area contributed by atoms with Crippen LogP contribution in [0, 0.1) is 0 Å². The van der Waals surface area contributed by atoms with Gasteiger partial charge in [0.15, 0.2) is 0 Å². The van der Waals surface area contributed by atoms with Crippen LogP contribution in [0.3, 0.4) is 0 Å². The van der Waals surface area contributed by atoms with Gasteiger partial charge >= 0.3 is 0 Å². The van der Waals surface area contributed by atoms with Gasteiger partial charge in [-0.1, -0.05) is 39.0 Å². The summed E-state index contributed by atoms with van der Waals surface area (Å²) in [6.07, 6.45) is 3.26. The summed E-state index contributed by atoms with van der Waals surface area (Å²) in [5, 5.41) is 2.10. The van der Waals surface area contributed by atoms with Crippen LogP contribution in [0.25, 0.3) is 0 Å². The van der Waals surface area contributed by atoms with Crippen LogP contribution in [0.2, 0.25) is 0 Å². The molecule has 0 atom stereocenters. The summed E-state index contributed by atoms with van der Waals surface area (Å²) < 4.78 is 0. The first-order chi connectivity index (χ1) is 10.9. The van der Waals surface area contributed by atoms with Gasteiger partial charge in [0.05, 0.1) is 0 Å². The van der Waals surface area contributed by atoms with Crippen LogP contribution in [0.15, 0.2) is 41.8 Å². The molecule has 1 saturated carbocycles. The van der Waals surface area contributed by atoms with Crippen LogP contribution in [0.5, 0.6) is 0 Å². The van der Waals surface area contributed by atoms with Gasteiger partial charge in [-0.25, -0.2) is 0 Å². The van der Waals surface area contributed by atoms with Crippen LogP contribution >= 0.6 is 11.3 Å². The molecular weight excluding hydrogens is 302 g/mol. The highest BCUT2D eigenvalue weighted by molar-refractivity contribution is 7.09. The summed E-state index contributed by atoms with van der Waals surface area (Å²) in [7, 11) is 0. The highest BCUT2D eigenvalue weighted by atomic mass is 32.1. The van der Waals surface area contributed by atoms with E-state index in [2.05, 4.69) is 55.3 Å². The molecule has 0 unspecified atom stereocenters. The van der Waals surface area contributed by atoms with Crippen molar-refractivity contribution >= 4 is 17.2 Å². The summed E-state index contributed by atoms with van der Waals surface area (Å²) in [6.45, 7) is 7.41. The average molecular weight is 327 g/mol. The zero-order valence-corrected chi connectivity index (χ0v) is 15.0. The highest BCUT2D eigenvalue weighted by Gasteiger charge is 2.32. The van der Waals surface area contributed by atoms with Gasteiger partial charge in [0.1, 0.15) is 0 Å². The number of rotatable bonds is 5. The lowest BCUT2D eigenvalue weighted by Crippen LogP contribution is -2.34. The molecule has 3 rings (SSSR count). The number of hydrogen-bond donors (Lipinski definition) is 0. The molecule has 1 fully saturated rings. The third-order valence-electron chi connectivity index (χ3n) is 4.43. The Kier molecular flexibility index (Phi) is 4.58. The maximum atomic E-state index is 12.9. The Morgan fingerprint density at radius 2 is 1.87 bits per heavy atom.